The molecule has 0 aliphatic heterocycles. The van der Waals surface area contributed by atoms with Crippen molar-refractivity contribution in [1.82, 2.24) is 25.2 Å². The van der Waals surface area contributed by atoms with Crippen molar-refractivity contribution in [2.75, 3.05) is 0 Å². The van der Waals surface area contributed by atoms with Gasteiger partial charge in [0.2, 0.25) is 0 Å². The zero-order valence-corrected chi connectivity index (χ0v) is 23.4. The number of amides is 2. The van der Waals surface area contributed by atoms with Crippen LogP contribution < -0.4 is 5.32 Å². The smallest absolute Gasteiger partial charge is 0.410 e. The van der Waals surface area contributed by atoms with Crippen molar-refractivity contribution in [3.63, 3.8) is 0 Å². The van der Waals surface area contributed by atoms with Gasteiger partial charge in [-0.05, 0) is 69.5 Å². The SMILES string of the molecule is CC(C)(C)OC(=O)N(Cc1ccc(Cc2cc(C(=O)NCc3cc4c(Cl)c[nH]c4cc3F)ccn2)cn1)C1CC1. The number of pyridine rings is 2. The first kappa shape index (κ1) is 27.6. The zero-order chi connectivity index (χ0) is 28.4. The second kappa shape index (κ2) is 11.3. The number of fused-ring (bicyclic) bond motifs is 1. The summed E-state index contributed by atoms with van der Waals surface area (Å²) in [5.41, 5.74) is 3.20. The summed E-state index contributed by atoms with van der Waals surface area (Å²) >= 11 is 6.15. The van der Waals surface area contributed by atoms with Crippen molar-refractivity contribution in [2.45, 2.75) is 64.8 Å². The van der Waals surface area contributed by atoms with Crippen LogP contribution in [0, 0.1) is 5.82 Å². The molecule has 2 N–H and O–H groups in total. The summed E-state index contributed by atoms with van der Waals surface area (Å²) in [6.07, 6.45) is 7.03. The van der Waals surface area contributed by atoms with Gasteiger partial charge >= 0.3 is 6.09 Å². The number of nitrogens with zero attached hydrogens (tertiary/aromatic N) is 3. The van der Waals surface area contributed by atoms with E-state index in [1.165, 1.54) is 6.07 Å². The van der Waals surface area contributed by atoms with Gasteiger partial charge in [-0.25, -0.2) is 9.18 Å². The number of carbonyl (C=O) groups excluding carboxylic acids is 2. The summed E-state index contributed by atoms with van der Waals surface area (Å²) < 4.78 is 20.0. The Hall–Kier alpha value is -3.98. The zero-order valence-electron chi connectivity index (χ0n) is 22.6. The van der Waals surface area contributed by atoms with E-state index in [1.54, 1.807) is 41.7 Å². The molecule has 1 aliphatic carbocycles. The predicted molar refractivity (Wildman–Crippen MR) is 151 cm³/mol. The summed E-state index contributed by atoms with van der Waals surface area (Å²) in [6.45, 7) is 5.98. The summed E-state index contributed by atoms with van der Waals surface area (Å²) in [5.74, 6) is -0.761. The number of aromatic amines is 1. The molecule has 1 fully saturated rings. The van der Waals surface area contributed by atoms with Crippen LogP contribution >= 0.6 is 11.6 Å². The van der Waals surface area contributed by atoms with E-state index in [-0.39, 0.29) is 24.6 Å². The van der Waals surface area contributed by atoms with Gasteiger partial charge in [0.15, 0.2) is 0 Å². The number of H-pyrrole nitrogens is 1. The van der Waals surface area contributed by atoms with Crippen LogP contribution in [0.15, 0.2) is 55.0 Å². The molecule has 208 valence electrons. The molecule has 4 aromatic rings. The lowest BCUT2D eigenvalue weighted by Crippen LogP contribution is -2.38. The molecule has 2 amide bonds. The third-order valence-corrected chi connectivity index (χ3v) is 6.85. The largest absolute Gasteiger partial charge is 0.444 e. The second-order valence-electron chi connectivity index (χ2n) is 11.0. The molecular formula is C30H31ClFN5O3. The van der Waals surface area contributed by atoms with Gasteiger partial charge in [-0.1, -0.05) is 17.7 Å². The number of ether oxygens (including phenoxy) is 1. The van der Waals surface area contributed by atoms with Gasteiger partial charge in [0.05, 0.1) is 17.3 Å². The van der Waals surface area contributed by atoms with Crippen molar-refractivity contribution >= 4 is 34.5 Å². The predicted octanol–water partition coefficient (Wildman–Crippen LogP) is 6.17. The standard InChI is InChI=1S/C30H31ClFN5O3/c1-30(2,3)40-29(39)37(23-6-7-23)17-21-5-4-18(14-34-21)10-22-11-19(8-9-33-22)28(38)36-15-20-12-24-25(31)16-35-27(24)13-26(20)32/h4-5,8-9,11-14,16,23,35H,6-7,10,15,17H2,1-3H3,(H,36,38). The van der Waals surface area contributed by atoms with E-state index < -0.39 is 11.4 Å². The van der Waals surface area contributed by atoms with Crippen LogP contribution in [0.5, 0.6) is 0 Å². The Labute approximate surface area is 236 Å². The Kier molecular flexibility index (Phi) is 7.76. The fourth-order valence-electron chi connectivity index (χ4n) is 4.37. The van der Waals surface area contributed by atoms with E-state index in [2.05, 4.69) is 20.3 Å². The highest BCUT2D eigenvalue weighted by molar-refractivity contribution is 6.35. The van der Waals surface area contributed by atoms with Crippen molar-refractivity contribution in [3.8, 4) is 0 Å². The number of nitrogens with one attached hydrogen (secondary N) is 2. The molecule has 3 aromatic heterocycles. The lowest BCUT2D eigenvalue weighted by molar-refractivity contribution is 0.0214. The number of halogens is 2. The molecule has 8 nitrogen and oxygen atoms in total. The summed E-state index contributed by atoms with van der Waals surface area (Å²) in [4.78, 5) is 39.1. The minimum absolute atomic E-state index is 0.0202. The molecule has 0 saturated heterocycles. The molecule has 5 rings (SSSR count). The first-order valence-electron chi connectivity index (χ1n) is 13.2. The Morgan fingerprint density at radius 1 is 1.15 bits per heavy atom. The number of carbonyl (C=O) groups is 2. The van der Waals surface area contributed by atoms with E-state index in [4.69, 9.17) is 16.3 Å². The molecule has 0 spiro atoms. The van der Waals surface area contributed by atoms with E-state index in [9.17, 15) is 14.0 Å². The molecule has 0 unspecified atom stereocenters. The van der Waals surface area contributed by atoms with Crippen LogP contribution in [0.1, 0.15) is 66.5 Å². The number of rotatable bonds is 8. The summed E-state index contributed by atoms with van der Waals surface area (Å²) in [6, 6.07) is 10.4. The maximum absolute atomic E-state index is 14.5. The van der Waals surface area contributed by atoms with Gasteiger partial charge in [0.1, 0.15) is 11.4 Å². The van der Waals surface area contributed by atoms with Gasteiger partial charge in [-0.2, -0.15) is 0 Å². The van der Waals surface area contributed by atoms with E-state index in [0.717, 1.165) is 24.1 Å². The van der Waals surface area contributed by atoms with Gasteiger partial charge in [0.25, 0.3) is 5.91 Å². The highest BCUT2D eigenvalue weighted by atomic mass is 35.5. The van der Waals surface area contributed by atoms with Crippen LogP contribution in [0.25, 0.3) is 10.9 Å². The third-order valence-electron chi connectivity index (χ3n) is 6.54. The van der Waals surface area contributed by atoms with Gasteiger partial charge < -0.3 is 15.0 Å². The van der Waals surface area contributed by atoms with Crippen molar-refractivity contribution in [1.29, 1.82) is 0 Å². The average Bonchev–Trinajstić information content (AvgIpc) is 3.69. The molecule has 1 aromatic carbocycles. The Morgan fingerprint density at radius 3 is 2.65 bits per heavy atom. The summed E-state index contributed by atoms with van der Waals surface area (Å²) in [7, 11) is 0. The molecule has 40 heavy (non-hydrogen) atoms. The topological polar surface area (TPSA) is 100 Å². The maximum atomic E-state index is 14.5. The number of hydrogen-bond donors (Lipinski definition) is 2. The highest BCUT2D eigenvalue weighted by Crippen LogP contribution is 2.30. The molecule has 10 heteroatoms. The van der Waals surface area contributed by atoms with Crippen molar-refractivity contribution in [3.05, 3.63) is 93.9 Å². The minimum Gasteiger partial charge on any atom is -0.444 e. The molecule has 1 saturated carbocycles. The Bertz CT molecular complexity index is 1540. The third kappa shape index (κ3) is 6.77. The summed E-state index contributed by atoms with van der Waals surface area (Å²) in [5, 5.41) is 3.96. The number of benzene rings is 1. The number of hydrogen-bond acceptors (Lipinski definition) is 5. The van der Waals surface area contributed by atoms with E-state index >= 15 is 0 Å². The van der Waals surface area contributed by atoms with E-state index in [0.29, 0.717) is 45.7 Å². The fourth-order valence-corrected chi connectivity index (χ4v) is 4.58. The van der Waals surface area contributed by atoms with Crippen LogP contribution in [-0.4, -0.2) is 43.5 Å². The van der Waals surface area contributed by atoms with Crippen LogP contribution in [0.4, 0.5) is 9.18 Å². The molecular weight excluding hydrogens is 533 g/mol. The first-order chi connectivity index (χ1) is 19.1. The molecule has 0 radical (unpaired) electrons. The molecule has 0 atom stereocenters. The second-order valence-corrected chi connectivity index (χ2v) is 11.4. The highest BCUT2D eigenvalue weighted by Gasteiger charge is 2.35. The maximum Gasteiger partial charge on any atom is 0.410 e. The van der Waals surface area contributed by atoms with Crippen LogP contribution in [-0.2, 0) is 24.2 Å². The first-order valence-corrected chi connectivity index (χ1v) is 13.5. The van der Waals surface area contributed by atoms with Crippen LogP contribution in [0.3, 0.4) is 0 Å². The monoisotopic (exact) mass is 563 g/mol. The van der Waals surface area contributed by atoms with E-state index in [1.807, 2.05) is 32.9 Å². The quantitative estimate of drug-likeness (QED) is 0.267. The Balaban J connectivity index is 1.20. The molecule has 0 bridgehead atoms. The minimum atomic E-state index is -0.554. The lowest BCUT2D eigenvalue weighted by atomic mass is 10.1. The normalized spacial score (nSPS) is 13.3. The molecule has 3 heterocycles. The molecule has 1 aliphatic rings. The van der Waals surface area contributed by atoms with Crippen molar-refractivity contribution in [2.24, 2.45) is 0 Å². The lowest BCUT2D eigenvalue weighted by Gasteiger charge is -2.27. The fraction of sp³-hybridized carbons (Fsp3) is 0.333. The van der Waals surface area contributed by atoms with Gasteiger partial charge in [-0.3, -0.25) is 19.7 Å². The van der Waals surface area contributed by atoms with Crippen LogP contribution in [0.2, 0.25) is 5.02 Å². The number of aromatic nitrogens is 3. The Morgan fingerprint density at radius 2 is 1.95 bits per heavy atom. The average molecular weight is 564 g/mol. The van der Waals surface area contributed by atoms with Crippen molar-refractivity contribution < 1.29 is 18.7 Å². The van der Waals surface area contributed by atoms with Gasteiger partial charge in [-0.15, -0.1) is 0 Å². The van der Waals surface area contributed by atoms with Gasteiger partial charge in [0, 0.05) is 65.3 Å².